The molecule has 2 aromatic carbocycles. The van der Waals surface area contributed by atoms with Crippen LogP contribution in [0.2, 0.25) is 5.02 Å². The number of fused-ring (bicyclic) bond motifs is 2. The Morgan fingerprint density at radius 2 is 1.41 bits per heavy atom. The van der Waals surface area contributed by atoms with Crippen molar-refractivity contribution in [2.24, 2.45) is 0 Å². The van der Waals surface area contributed by atoms with E-state index in [0.29, 0.717) is 6.42 Å². The Hall–Kier alpha value is -2.18. The van der Waals surface area contributed by atoms with Crippen molar-refractivity contribution in [1.82, 2.24) is 0 Å². The van der Waals surface area contributed by atoms with Crippen LogP contribution in [0.25, 0.3) is 0 Å². The molecule has 154 valence electrons. The third kappa shape index (κ3) is 4.70. The highest BCUT2D eigenvalue weighted by Crippen LogP contribution is 2.35. The summed E-state index contributed by atoms with van der Waals surface area (Å²) in [5.74, 6) is -0.806. The van der Waals surface area contributed by atoms with Crippen LogP contribution >= 0.6 is 11.6 Å². The number of benzene rings is 2. The first-order valence-corrected chi connectivity index (χ1v) is 11.9. The van der Waals surface area contributed by atoms with Gasteiger partial charge in [-0.2, -0.15) is 0 Å². The van der Waals surface area contributed by atoms with Crippen LogP contribution in [0.15, 0.2) is 36.4 Å². The highest BCUT2D eigenvalue weighted by atomic mass is 35.5. The van der Waals surface area contributed by atoms with Crippen LogP contribution in [0, 0.1) is 0 Å². The fraction of sp³-hybridized carbons (Fsp3) is 0.364. The summed E-state index contributed by atoms with van der Waals surface area (Å²) in [5.41, 5.74) is 0.739. The van der Waals surface area contributed by atoms with E-state index in [-0.39, 0.29) is 44.5 Å². The van der Waals surface area contributed by atoms with Crippen LogP contribution < -0.4 is 4.72 Å². The number of carbonyl (C=O) groups is 2. The number of rotatable bonds is 9. The Kier molecular flexibility index (Phi) is 6.75. The van der Waals surface area contributed by atoms with E-state index >= 15 is 0 Å². The molecule has 0 atom stereocenters. The summed E-state index contributed by atoms with van der Waals surface area (Å²) >= 11 is 6.13. The summed E-state index contributed by atoms with van der Waals surface area (Å²) in [6.45, 7) is 2.13. The van der Waals surface area contributed by atoms with Crippen LogP contribution in [0.5, 0.6) is 0 Å². The third-order valence-corrected chi connectivity index (χ3v) is 6.73. The van der Waals surface area contributed by atoms with Gasteiger partial charge in [-0.3, -0.25) is 14.3 Å². The molecule has 1 aliphatic carbocycles. The zero-order chi connectivity index (χ0) is 21.0. The summed E-state index contributed by atoms with van der Waals surface area (Å²) in [6.07, 6.45) is 5.81. The Labute approximate surface area is 176 Å². The maximum Gasteiger partial charge on any atom is 0.232 e. The largest absolute Gasteiger partial charge is 0.289 e. The summed E-state index contributed by atoms with van der Waals surface area (Å²) < 4.78 is 27.6. The predicted octanol–water partition coefficient (Wildman–Crippen LogP) is 5.22. The molecule has 0 aliphatic heterocycles. The number of sulfonamides is 1. The quantitative estimate of drug-likeness (QED) is 0.469. The van der Waals surface area contributed by atoms with E-state index in [4.69, 9.17) is 11.6 Å². The minimum absolute atomic E-state index is 0.0205. The molecule has 0 amide bonds. The normalized spacial score (nSPS) is 13.2. The molecule has 1 aliphatic rings. The van der Waals surface area contributed by atoms with Crippen molar-refractivity contribution in [2.45, 2.75) is 45.4 Å². The van der Waals surface area contributed by atoms with Crippen molar-refractivity contribution in [2.75, 3.05) is 10.5 Å². The highest BCUT2D eigenvalue weighted by molar-refractivity contribution is 7.92. The fourth-order valence-corrected chi connectivity index (χ4v) is 5.03. The van der Waals surface area contributed by atoms with Crippen molar-refractivity contribution in [3.05, 3.63) is 63.7 Å². The summed E-state index contributed by atoms with van der Waals surface area (Å²) in [5, 5.41) is 0.209. The van der Waals surface area contributed by atoms with Gasteiger partial charge in [-0.1, -0.05) is 74.9 Å². The van der Waals surface area contributed by atoms with E-state index in [1.165, 1.54) is 18.2 Å². The molecule has 29 heavy (non-hydrogen) atoms. The van der Waals surface area contributed by atoms with Gasteiger partial charge >= 0.3 is 0 Å². The van der Waals surface area contributed by atoms with Crippen molar-refractivity contribution >= 4 is 38.9 Å². The van der Waals surface area contributed by atoms with Gasteiger partial charge < -0.3 is 0 Å². The monoisotopic (exact) mass is 433 g/mol. The topological polar surface area (TPSA) is 80.3 Å². The molecule has 0 unspecified atom stereocenters. The second-order valence-corrected chi connectivity index (χ2v) is 9.49. The van der Waals surface area contributed by atoms with Gasteiger partial charge in [0.2, 0.25) is 10.0 Å². The van der Waals surface area contributed by atoms with Crippen LogP contribution in [0.3, 0.4) is 0 Å². The molecular weight excluding hydrogens is 410 g/mol. The first-order chi connectivity index (χ1) is 13.9. The van der Waals surface area contributed by atoms with E-state index < -0.39 is 15.8 Å². The van der Waals surface area contributed by atoms with Gasteiger partial charge in [0.25, 0.3) is 0 Å². The average molecular weight is 434 g/mol. The first-order valence-electron chi connectivity index (χ1n) is 9.87. The number of hydrogen-bond donors (Lipinski definition) is 1. The molecule has 0 fully saturated rings. The number of carbonyl (C=O) groups excluding carboxylic acids is 2. The zero-order valence-electron chi connectivity index (χ0n) is 16.3. The molecule has 0 radical (unpaired) electrons. The lowest BCUT2D eigenvalue weighted by Gasteiger charge is -2.21. The molecule has 0 spiro atoms. The van der Waals surface area contributed by atoms with Crippen molar-refractivity contribution in [3.8, 4) is 0 Å². The standard InChI is InChI=1S/C22H24ClNO4S/c1-2-3-4-5-6-7-14-29(27,28)24-18-13-9-11-16-20(18)22(26)15-10-8-12-17(23)19(15)21(16)25/h8-13,24H,2-7,14H2,1H3. The van der Waals surface area contributed by atoms with Gasteiger partial charge in [0, 0.05) is 11.1 Å². The molecule has 0 aromatic heterocycles. The molecule has 1 N–H and O–H groups in total. The van der Waals surface area contributed by atoms with E-state index in [1.807, 2.05) is 0 Å². The highest BCUT2D eigenvalue weighted by Gasteiger charge is 2.33. The number of unbranched alkanes of at least 4 members (excludes halogenated alkanes) is 5. The molecule has 0 saturated carbocycles. The van der Waals surface area contributed by atoms with E-state index in [1.54, 1.807) is 18.2 Å². The Morgan fingerprint density at radius 1 is 0.828 bits per heavy atom. The summed E-state index contributed by atoms with van der Waals surface area (Å²) in [6, 6.07) is 9.29. The SMILES string of the molecule is CCCCCCCCS(=O)(=O)Nc1cccc2c1C(=O)c1cccc(Cl)c1C2=O. The molecule has 2 aromatic rings. The molecule has 5 nitrogen and oxygen atoms in total. The van der Waals surface area contributed by atoms with Gasteiger partial charge in [0.1, 0.15) is 0 Å². The molecule has 0 heterocycles. The molecular formula is C22H24ClNO4S. The lowest BCUT2D eigenvalue weighted by molar-refractivity contribution is 0.0980. The van der Waals surface area contributed by atoms with Gasteiger partial charge in [0.05, 0.1) is 27.6 Å². The Morgan fingerprint density at radius 3 is 2.14 bits per heavy atom. The van der Waals surface area contributed by atoms with Crippen molar-refractivity contribution in [1.29, 1.82) is 0 Å². The molecule has 7 heteroatoms. The van der Waals surface area contributed by atoms with Crippen molar-refractivity contribution in [3.63, 3.8) is 0 Å². The van der Waals surface area contributed by atoms with Crippen LogP contribution in [-0.4, -0.2) is 25.7 Å². The lowest BCUT2D eigenvalue weighted by atomic mass is 9.83. The fourth-order valence-electron chi connectivity index (χ4n) is 3.58. The second-order valence-electron chi connectivity index (χ2n) is 7.24. The maximum absolute atomic E-state index is 13.0. The number of halogens is 1. The van der Waals surface area contributed by atoms with Crippen molar-refractivity contribution < 1.29 is 18.0 Å². The number of hydrogen-bond acceptors (Lipinski definition) is 4. The average Bonchev–Trinajstić information content (AvgIpc) is 2.68. The molecule has 3 rings (SSSR count). The van der Waals surface area contributed by atoms with E-state index in [2.05, 4.69) is 11.6 Å². The third-order valence-electron chi connectivity index (χ3n) is 5.05. The Balaban J connectivity index is 1.81. The van der Waals surface area contributed by atoms with Gasteiger partial charge in [-0.25, -0.2) is 8.42 Å². The number of anilines is 1. The van der Waals surface area contributed by atoms with Gasteiger partial charge in [-0.05, 0) is 18.6 Å². The summed E-state index contributed by atoms with van der Waals surface area (Å²) in [4.78, 5) is 25.9. The van der Waals surface area contributed by atoms with Gasteiger partial charge in [-0.15, -0.1) is 0 Å². The van der Waals surface area contributed by atoms with Gasteiger partial charge in [0.15, 0.2) is 11.6 Å². The molecule has 0 bridgehead atoms. The smallest absolute Gasteiger partial charge is 0.232 e. The maximum atomic E-state index is 13.0. The minimum Gasteiger partial charge on any atom is -0.289 e. The van der Waals surface area contributed by atoms with Crippen LogP contribution in [0.4, 0.5) is 5.69 Å². The zero-order valence-corrected chi connectivity index (χ0v) is 17.9. The number of nitrogens with one attached hydrogen (secondary N) is 1. The Bertz CT molecular complexity index is 1050. The van der Waals surface area contributed by atoms with Crippen LogP contribution in [0.1, 0.15) is 77.3 Å². The number of ketones is 2. The minimum atomic E-state index is -3.63. The van der Waals surface area contributed by atoms with E-state index in [0.717, 1.165) is 32.1 Å². The first kappa shape index (κ1) is 21.5. The summed E-state index contributed by atoms with van der Waals surface area (Å²) in [7, 11) is -3.63. The predicted molar refractivity (Wildman–Crippen MR) is 116 cm³/mol. The van der Waals surface area contributed by atoms with Crippen LogP contribution in [-0.2, 0) is 10.0 Å². The van der Waals surface area contributed by atoms with E-state index in [9.17, 15) is 18.0 Å². The second kappa shape index (κ2) is 9.09. The molecule has 0 saturated heterocycles. The lowest BCUT2D eigenvalue weighted by Crippen LogP contribution is -2.25.